The minimum Gasteiger partial charge on any atom is -0.456 e. The van der Waals surface area contributed by atoms with Gasteiger partial charge in [-0.15, -0.1) is 0 Å². The minimum absolute atomic E-state index is 0.578. The average Bonchev–Trinajstić information content (AvgIpc) is 3.91. The molecule has 0 saturated carbocycles. The lowest BCUT2D eigenvalue weighted by atomic mass is 9.97. The molecule has 0 spiro atoms. The van der Waals surface area contributed by atoms with Gasteiger partial charge in [-0.25, -0.2) is 4.98 Å². The van der Waals surface area contributed by atoms with Crippen LogP contribution in [0.25, 0.3) is 89.0 Å². The number of para-hydroxylation sites is 2. The second-order valence-electron chi connectivity index (χ2n) is 14.7. The summed E-state index contributed by atoms with van der Waals surface area (Å²) in [5.74, 6) is 0.578. The van der Waals surface area contributed by atoms with E-state index in [9.17, 15) is 0 Å². The molecule has 0 radical (unpaired) electrons. The van der Waals surface area contributed by atoms with E-state index in [0.717, 1.165) is 77.9 Å². The van der Waals surface area contributed by atoms with Crippen molar-refractivity contribution in [3.63, 3.8) is 0 Å². The van der Waals surface area contributed by atoms with Crippen LogP contribution >= 0.6 is 0 Å². The highest BCUT2D eigenvalue weighted by Gasteiger charge is 2.23. The second kappa shape index (κ2) is 14.5. The van der Waals surface area contributed by atoms with Crippen molar-refractivity contribution in [3.8, 4) is 56.0 Å². The number of nitrogens with zero attached hydrogens (tertiary/aromatic N) is 2. The Morgan fingerprint density at radius 1 is 0.356 bits per heavy atom. The first-order valence-electron chi connectivity index (χ1n) is 19.9. The molecule has 59 heavy (non-hydrogen) atoms. The van der Waals surface area contributed by atoms with Crippen molar-refractivity contribution < 1.29 is 8.83 Å². The molecule has 0 aliphatic carbocycles. The second-order valence-corrected chi connectivity index (χ2v) is 14.7. The van der Waals surface area contributed by atoms with Gasteiger partial charge in [0, 0.05) is 44.9 Å². The fourth-order valence-electron chi connectivity index (χ4n) is 8.28. The SMILES string of the molecule is c1ccc(-c2ccc(-c3ccc(N(c4ccc(-c5c6nc(-c7ccccc7)oc6cc6oc7ccccc7c56)cc4)c4ccccc4-c4ccccc4)cc3)cc2)cc1. The molecule has 2 heterocycles. The topological polar surface area (TPSA) is 42.4 Å². The van der Waals surface area contributed by atoms with E-state index in [1.807, 2.05) is 48.5 Å². The summed E-state index contributed by atoms with van der Waals surface area (Å²) in [6, 6.07) is 76.4. The van der Waals surface area contributed by atoms with E-state index in [0.29, 0.717) is 11.5 Å². The monoisotopic (exact) mass is 756 g/mol. The van der Waals surface area contributed by atoms with Crippen molar-refractivity contribution in [2.24, 2.45) is 0 Å². The molecule has 0 aliphatic heterocycles. The molecule has 11 rings (SSSR count). The van der Waals surface area contributed by atoms with Gasteiger partial charge < -0.3 is 13.7 Å². The van der Waals surface area contributed by atoms with Crippen LogP contribution in [-0.2, 0) is 0 Å². The standard InChI is InChI=1S/C55H36N2O2/c1-4-14-37(15-5-1)38-24-26-39(27-25-38)40-28-32-44(33-29-40)57(48-22-12-10-20-46(48)41-16-6-2-7-17-41)45-34-30-42(31-35-45)52-53-47-21-11-13-23-49(47)58-50(53)36-51-54(52)56-55(59-51)43-18-8-3-9-19-43/h1-36H. The molecule has 4 heteroatoms. The molecule has 4 nitrogen and oxygen atoms in total. The van der Waals surface area contributed by atoms with Crippen molar-refractivity contribution >= 4 is 50.1 Å². The van der Waals surface area contributed by atoms with E-state index in [-0.39, 0.29) is 0 Å². The number of fused-ring (bicyclic) bond motifs is 4. The maximum absolute atomic E-state index is 6.44. The van der Waals surface area contributed by atoms with E-state index in [1.54, 1.807) is 0 Å². The quantitative estimate of drug-likeness (QED) is 0.155. The van der Waals surface area contributed by atoms with Crippen LogP contribution in [0.15, 0.2) is 227 Å². The lowest BCUT2D eigenvalue weighted by Crippen LogP contribution is -2.11. The number of aromatic nitrogens is 1. The zero-order valence-corrected chi connectivity index (χ0v) is 32.0. The van der Waals surface area contributed by atoms with E-state index in [4.69, 9.17) is 13.8 Å². The van der Waals surface area contributed by atoms with Gasteiger partial charge in [-0.2, -0.15) is 0 Å². The first kappa shape index (κ1) is 34.3. The molecule has 0 saturated heterocycles. The summed E-state index contributed by atoms with van der Waals surface area (Å²) in [7, 11) is 0. The summed E-state index contributed by atoms with van der Waals surface area (Å²) in [6.07, 6.45) is 0. The third-order valence-electron chi connectivity index (χ3n) is 11.1. The highest BCUT2D eigenvalue weighted by molar-refractivity contribution is 6.19. The Balaban J connectivity index is 1.04. The Hall–Kier alpha value is -7.95. The molecule has 0 atom stereocenters. The summed E-state index contributed by atoms with van der Waals surface area (Å²) in [4.78, 5) is 7.48. The van der Waals surface area contributed by atoms with Crippen molar-refractivity contribution in [3.05, 3.63) is 218 Å². The van der Waals surface area contributed by atoms with Gasteiger partial charge in [0.15, 0.2) is 5.58 Å². The number of benzene rings is 9. The Kier molecular flexibility index (Phi) is 8.45. The fraction of sp³-hybridized carbons (Fsp3) is 0. The first-order valence-corrected chi connectivity index (χ1v) is 19.9. The largest absolute Gasteiger partial charge is 0.456 e. The number of oxazole rings is 1. The van der Waals surface area contributed by atoms with E-state index in [2.05, 4.69) is 175 Å². The zero-order valence-electron chi connectivity index (χ0n) is 32.0. The Labute approximate surface area is 341 Å². The van der Waals surface area contributed by atoms with Crippen LogP contribution in [0.3, 0.4) is 0 Å². The number of hydrogen-bond acceptors (Lipinski definition) is 4. The van der Waals surface area contributed by atoms with Gasteiger partial charge in [-0.3, -0.25) is 0 Å². The van der Waals surface area contributed by atoms with Crippen LogP contribution in [-0.4, -0.2) is 4.98 Å². The van der Waals surface area contributed by atoms with Gasteiger partial charge in [-0.05, 0) is 81.9 Å². The zero-order chi connectivity index (χ0) is 39.1. The predicted molar refractivity (Wildman–Crippen MR) is 243 cm³/mol. The maximum atomic E-state index is 6.44. The Morgan fingerprint density at radius 3 is 1.49 bits per heavy atom. The average molecular weight is 757 g/mol. The normalized spacial score (nSPS) is 11.4. The number of anilines is 3. The van der Waals surface area contributed by atoms with E-state index in [1.165, 1.54) is 16.7 Å². The molecule has 9 aromatic carbocycles. The molecule has 2 aromatic heterocycles. The van der Waals surface area contributed by atoms with Crippen LogP contribution < -0.4 is 4.90 Å². The highest BCUT2D eigenvalue weighted by Crippen LogP contribution is 2.45. The number of hydrogen-bond donors (Lipinski definition) is 0. The van der Waals surface area contributed by atoms with Crippen molar-refractivity contribution in [1.29, 1.82) is 0 Å². The molecular formula is C55H36N2O2. The fourth-order valence-corrected chi connectivity index (χ4v) is 8.28. The van der Waals surface area contributed by atoms with Crippen LogP contribution in [0.1, 0.15) is 0 Å². The smallest absolute Gasteiger partial charge is 0.227 e. The number of rotatable bonds is 8. The molecule has 0 aliphatic rings. The third-order valence-corrected chi connectivity index (χ3v) is 11.1. The minimum atomic E-state index is 0.578. The van der Waals surface area contributed by atoms with Gasteiger partial charge in [0.05, 0.1) is 5.69 Å². The molecule has 0 fully saturated rings. The molecule has 0 unspecified atom stereocenters. The van der Waals surface area contributed by atoms with E-state index < -0.39 is 0 Å². The molecule has 0 bridgehead atoms. The molecule has 11 aromatic rings. The summed E-state index contributed by atoms with van der Waals surface area (Å²) in [6.45, 7) is 0. The summed E-state index contributed by atoms with van der Waals surface area (Å²) in [5.41, 5.74) is 16.2. The van der Waals surface area contributed by atoms with Crippen LogP contribution in [0.2, 0.25) is 0 Å². The van der Waals surface area contributed by atoms with Gasteiger partial charge in [-0.1, -0.05) is 164 Å². The van der Waals surface area contributed by atoms with Gasteiger partial charge in [0.2, 0.25) is 5.89 Å². The third kappa shape index (κ3) is 6.24. The highest BCUT2D eigenvalue weighted by atomic mass is 16.4. The van der Waals surface area contributed by atoms with Crippen molar-refractivity contribution in [1.82, 2.24) is 4.98 Å². The van der Waals surface area contributed by atoms with Gasteiger partial charge in [0.1, 0.15) is 16.7 Å². The Morgan fingerprint density at radius 2 is 0.847 bits per heavy atom. The predicted octanol–water partition coefficient (Wildman–Crippen LogP) is 15.5. The van der Waals surface area contributed by atoms with Crippen molar-refractivity contribution in [2.45, 2.75) is 0 Å². The van der Waals surface area contributed by atoms with Crippen LogP contribution in [0.4, 0.5) is 17.1 Å². The first-order chi connectivity index (χ1) is 29.2. The molecule has 0 N–H and O–H groups in total. The van der Waals surface area contributed by atoms with Crippen LogP contribution in [0, 0.1) is 0 Å². The van der Waals surface area contributed by atoms with E-state index >= 15 is 0 Å². The van der Waals surface area contributed by atoms with Crippen molar-refractivity contribution in [2.75, 3.05) is 4.90 Å². The lowest BCUT2D eigenvalue weighted by molar-refractivity contribution is 0.617. The summed E-state index contributed by atoms with van der Waals surface area (Å²) < 4.78 is 12.9. The lowest BCUT2D eigenvalue weighted by Gasteiger charge is -2.28. The number of furan rings is 1. The Bertz CT molecular complexity index is 3220. The van der Waals surface area contributed by atoms with Gasteiger partial charge in [0.25, 0.3) is 0 Å². The summed E-state index contributed by atoms with van der Waals surface area (Å²) >= 11 is 0. The maximum Gasteiger partial charge on any atom is 0.227 e. The van der Waals surface area contributed by atoms with Gasteiger partial charge >= 0.3 is 0 Å². The van der Waals surface area contributed by atoms with Crippen LogP contribution in [0.5, 0.6) is 0 Å². The molecule has 0 amide bonds. The molecule has 278 valence electrons. The molecular weight excluding hydrogens is 721 g/mol. The summed E-state index contributed by atoms with van der Waals surface area (Å²) in [5, 5.41) is 2.06.